The molecule has 1 aromatic heterocycles. The van der Waals surface area contributed by atoms with Crippen molar-refractivity contribution in [2.75, 3.05) is 19.7 Å². The van der Waals surface area contributed by atoms with Crippen LogP contribution >= 0.6 is 0 Å². The zero-order valence-electron chi connectivity index (χ0n) is 9.89. The van der Waals surface area contributed by atoms with Gasteiger partial charge in [0.2, 0.25) is 5.76 Å². The highest BCUT2D eigenvalue weighted by Crippen LogP contribution is 2.15. The first-order chi connectivity index (χ1) is 8.16. The van der Waals surface area contributed by atoms with Gasteiger partial charge in [-0.15, -0.1) is 0 Å². The van der Waals surface area contributed by atoms with E-state index in [1.165, 1.54) is 6.26 Å². The van der Waals surface area contributed by atoms with Gasteiger partial charge in [0.05, 0.1) is 12.4 Å². The van der Waals surface area contributed by atoms with Crippen molar-refractivity contribution >= 4 is 5.97 Å². The van der Waals surface area contributed by atoms with Crippen LogP contribution in [0.5, 0.6) is 0 Å². The van der Waals surface area contributed by atoms with Gasteiger partial charge in [-0.05, 0) is 19.4 Å². The molecule has 1 unspecified atom stereocenters. The largest absolute Gasteiger partial charge is 0.475 e. The summed E-state index contributed by atoms with van der Waals surface area (Å²) >= 11 is 0. The van der Waals surface area contributed by atoms with Crippen LogP contribution in [0.4, 0.5) is 0 Å². The van der Waals surface area contributed by atoms with E-state index in [0.717, 1.165) is 31.7 Å². The molecular weight excluding hydrogens is 222 g/mol. The average molecular weight is 239 g/mol. The lowest BCUT2D eigenvalue weighted by Crippen LogP contribution is -2.30. The fraction of sp³-hybridized carbons (Fsp3) is 0.583. The van der Waals surface area contributed by atoms with Gasteiger partial charge in [0.15, 0.2) is 0 Å². The molecule has 17 heavy (non-hydrogen) atoms. The maximum atomic E-state index is 10.9. The van der Waals surface area contributed by atoms with E-state index >= 15 is 0 Å². The molecule has 1 aromatic rings. The summed E-state index contributed by atoms with van der Waals surface area (Å²) in [7, 11) is 0. The van der Waals surface area contributed by atoms with Crippen LogP contribution in [-0.2, 0) is 11.3 Å². The first-order valence-corrected chi connectivity index (χ1v) is 5.80. The summed E-state index contributed by atoms with van der Waals surface area (Å²) < 4.78 is 10.5. The molecule has 0 bridgehead atoms. The van der Waals surface area contributed by atoms with Gasteiger partial charge in [-0.3, -0.25) is 4.90 Å². The van der Waals surface area contributed by atoms with Crippen molar-refractivity contribution in [2.24, 2.45) is 0 Å². The Hall–Kier alpha value is -1.33. The third kappa shape index (κ3) is 3.08. The molecule has 0 aromatic carbocycles. The van der Waals surface area contributed by atoms with Gasteiger partial charge in [-0.2, -0.15) is 0 Å². The second kappa shape index (κ2) is 5.33. The Kier molecular flexibility index (Phi) is 3.81. The molecule has 0 saturated carbocycles. The lowest BCUT2D eigenvalue weighted by molar-refractivity contribution is 0.0646. The topological polar surface area (TPSA) is 62.9 Å². The first kappa shape index (κ1) is 12.1. The predicted octanol–water partition coefficient (Wildman–Crippen LogP) is 1.59. The lowest BCUT2D eigenvalue weighted by atomic mass is 10.2. The number of furan rings is 1. The van der Waals surface area contributed by atoms with Crippen molar-refractivity contribution in [2.45, 2.75) is 26.0 Å². The Bertz CT molecular complexity index is 388. The van der Waals surface area contributed by atoms with Crippen LogP contribution in [0.1, 0.15) is 29.5 Å². The summed E-state index contributed by atoms with van der Waals surface area (Å²) in [6.45, 7) is 5.16. The van der Waals surface area contributed by atoms with Crippen LogP contribution in [-0.4, -0.2) is 41.8 Å². The summed E-state index contributed by atoms with van der Waals surface area (Å²) in [6.07, 6.45) is 2.60. The molecule has 0 spiro atoms. The summed E-state index contributed by atoms with van der Waals surface area (Å²) in [5.41, 5.74) is 0.728. The molecule has 1 aliphatic heterocycles. The normalized spacial score (nSPS) is 22.3. The minimum Gasteiger partial charge on any atom is -0.475 e. The number of carboxylic acid groups (broad SMARTS) is 1. The number of nitrogens with zero attached hydrogens (tertiary/aromatic N) is 1. The van der Waals surface area contributed by atoms with Gasteiger partial charge in [0, 0.05) is 31.8 Å². The smallest absolute Gasteiger partial charge is 0.372 e. The molecule has 0 aliphatic carbocycles. The molecule has 5 heteroatoms. The van der Waals surface area contributed by atoms with Crippen LogP contribution in [0.25, 0.3) is 0 Å². The standard InChI is InChI=1S/C12H17NO4/c1-9-7-13(4-2-5-16-9)8-10-3-6-17-11(10)12(14)15/h3,6,9H,2,4-5,7-8H2,1H3,(H,14,15). The van der Waals surface area contributed by atoms with Crippen LogP contribution < -0.4 is 0 Å². The molecule has 1 aliphatic rings. The van der Waals surface area contributed by atoms with Crippen molar-refractivity contribution in [1.82, 2.24) is 4.90 Å². The molecule has 1 saturated heterocycles. The molecular formula is C12H17NO4. The van der Waals surface area contributed by atoms with E-state index in [-0.39, 0.29) is 11.9 Å². The Morgan fingerprint density at radius 1 is 1.65 bits per heavy atom. The van der Waals surface area contributed by atoms with Crippen molar-refractivity contribution in [1.29, 1.82) is 0 Å². The van der Waals surface area contributed by atoms with Gasteiger partial charge in [0.1, 0.15) is 0 Å². The zero-order chi connectivity index (χ0) is 12.3. The number of aromatic carboxylic acids is 1. The number of carboxylic acids is 1. The summed E-state index contributed by atoms with van der Waals surface area (Å²) in [5.74, 6) is -0.966. The Labute approximate surface area is 100.0 Å². The van der Waals surface area contributed by atoms with E-state index in [0.29, 0.717) is 6.54 Å². The molecule has 2 rings (SSSR count). The Morgan fingerprint density at radius 3 is 3.24 bits per heavy atom. The monoisotopic (exact) mass is 239 g/mol. The summed E-state index contributed by atoms with van der Waals surface area (Å²) in [4.78, 5) is 13.1. The maximum Gasteiger partial charge on any atom is 0.372 e. The van der Waals surface area contributed by atoms with Gasteiger partial charge in [-0.25, -0.2) is 4.79 Å². The Morgan fingerprint density at radius 2 is 2.47 bits per heavy atom. The second-order valence-corrected chi connectivity index (χ2v) is 4.35. The van der Waals surface area contributed by atoms with Gasteiger partial charge >= 0.3 is 5.97 Å². The van der Waals surface area contributed by atoms with Crippen LogP contribution in [0.15, 0.2) is 16.7 Å². The summed E-state index contributed by atoms with van der Waals surface area (Å²) in [5, 5.41) is 8.95. The van der Waals surface area contributed by atoms with Gasteiger partial charge in [-0.1, -0.05) is 0 Å². The molecule has 1 atom stereocenters. The van der Waals surface area contributed by atoms with Crippen molar-refractivity contribution in [3.05, 3.63) is 23.7 Å². The van der Waals surface area contributed by atoms with Crippen LogP contribution in [0.2, 0.25) is 0 Å². The van der Waals surface area contributed by atoms with Gasteiger partial charge < -0.3 is 14.3 Å². The fourth-order valence-electron chi connectivity index (χ4n) is 2.11. The van der Waals surface area contributed by atoms with E-state index in [1.807, 2.05) is 6.92 Å². The first-order valence-electron chi connectivity index (χ1n) is 5.80. The highest BCUT2D eigenvalue weighted by atomic mass is 16.5. The molecule has 94 valence electrons. The molecule has 0 amide bonds. The zero-order valence-corrected chi connectivity index (χ0v) is 9.89. The minimum atomic E-state index is -1.01. The highest BCUT2D eigenvalue weighted by molar-refractivity contribution is 5.86. The molecule has 0 radical (unpaired) electrons. The highest BCUT2D eigenvalue weighted by Gasteiger charge is 2.19. The van der Waals surface area contributed by atoms with Crippen LogP contribution in [0.3, 0.4) is 0 Å². The molecule has 1 N–H and O–H groups in total. The van der Waals surface area contributed by atoms with Crippen molar-refractivity contribution in [3.8, 4) is 0 Å². The number of rotatable bonds is 3. The van der Waals surface area contributed by atoms with Crippen molar-refractivity contribution in [3.63, 3.8) is 0 Å². The van der Waals surface area contributed by atoms with Crippen LogP contribution in [0, 0.1) is 0 Å². The Balaban J connectivity index is 2.03. The molecule has 5 nitrogen and oxygen atoms in total. The number of carbonyl (C=O) groups is 1. The second-order valence-electron chi connectivity index (χ2n) is 4.35. The summed E-state index contributed by atoms with van der Waals surface area (Å²) in [6, 6.07) is 1.72. The maximum absolute atomic E-state index is 10.9. The predicted molar refractivity (Wildman–Crippen MR) is 61.0 cm³/mol. The SMILES string of the molecule is CC1CN(Cc2ccoc2C(=O)O)CCCO1. The fourth-order valence-corrected chi connectivity index (χ4v) is 2.11. The van der Waals surface area contributed by atoms with E-state index in [9.17, 15) is 4.79 Å². The average Bonchev–Trinajstić information content (AvgIpc) is 2.62. The lowest BCUT2D eigenvalue weighted by Gasteiger charge is -2.21. The number of hydrogen-bond acceptors (Lipinski definition) is 4. The number of hydrogen-bond donors (Lipinski definition) is 1. The molecule has 1 fully saturated rings. The van der Waals surface area contributed by atoms with Gasteiger partial charge in [0.25, 0.3) is 0 Å². The van der Waals surface area contributed by atoms with E-state index in [4.69, 9.17) is 14.3 Å². The third-order valence-corrected chi connectivity index (χ3v) is 2.87. The molecule has 2 heterocycles. The third-order valence-electron chi connectivity index (χ3n) is 2.87. The van der Waals surface area contributed by atoms with E-state index in [2.05, 4.69) is 4.90 Å². The van der Waals surface area contributed by atoms with Crippen molar-refractivity contribution < 1.29 is 19.1 Å². The minimum absolute atomic E-state index is 0.0443. The quantitative estimate of drug-likeness (QED) is 0.867. The number of ether oxygens (including phenoxy) is 1. The van der Waals surface area contributed by atoms with E-state index in [1.54, 1.807) is 6.07 Å². The van der Waals surface area contributed by atoms with E-state index < -0.39 is 5.97 Å².